The molecule has 0 aliphatic rings. The van der Waals surface area contributed by atoms with Crippen molar-refractivity contribution in [1.29, 1.82) is 0 Å². The van der Waals surface area contributed by atoms with E-state index in [1.165, 1.54) is 6.07 Å². The van der Waals surface area contributed by atoms with Crippen LogP contribution in [0, 0.1) is 6.92 Å². The molecule has 5 heteroatoms. The second-order valence-corrected chi connectivity index (χ2v) is 5.08. The van der Waals surface area contributed by atoms with Crippen LogP contribution >= 0.6 is 0 Å². The highest BCUT2D eigenvalue weighted by Gasteiger charge is 2.08. The van der Waals surface area contributed by atoms with E-state index in [1.54, 1.807) is 36.7 Å². The third-order valence-corrected chi connectivity index (χ3v) is 3.30. The number of nitrogens with zero attached hydrogens (tertiary/aromatic N) is 1. The lowest BCUT2D eigenvalue weighted by Gasteiger charge is -2.07. The Balaban J connectivity index is 1.77. The quantitative estimate of drug-likeness (QED) is 0.693. The second-order valence-electron chi connectivity index (χ2n) is 5.08. The lowest BCUT2D eigenvalue weighted by atomic mass is 10.1. The standard InChI is InChI=1S/C17H15N3O2/c1-11-6-15(8-16(21)7-11)20-17(22)13-4-2-12(3-5-13)14-9-18-19-10-14/h2-10,21H,1H3,(H,18,19)(H,20,22). The van der Waals surface area contributed by atoms with E-state index in [9.17, 15) is 9.90 Å². The van der Waals surface area contributed by atoms with E-state index in [4.69, 9.17) is 0 Å². The molecule has 0 saturated heterocycles. The Morgan fingerprint density at radius 3 is 2.55 bits per heavy atom. The zero-order valence-corrected chi connectivity index (χ0v) is 12.0. The maximum Gasteiger partial charge on any atom is 0.255 e. The first kappa shape index (κ1) is 13.9. The molecule has 3 aromatic rings. The number of benzene rings is 2. The Morgan fingerprint density at radius 1 is 1.14 bits per heavy atom. The average Bonchev–Trinajstić information content (AvgIpc) is 3.00. The molecular weight excluding hydrogens is 278 g/mol. The van der Waals surface area contributed by atoms with Gasteiger partial charge in [-0.2, -0.15) is 5.10 Å². The lowest BCUT2D eigenvalue weighted by molar-refractivity contribution is 0.102. The van der Waals surface area contributed by atoms with E-state index < -0.39 is 0 Å². The number of aryl methyl sites for hydroxylation is 1. The summed E-state index contributed by atoms with van der Waals surface area (Å²) < 4.78 is 0. The summed E-state index contributed by atoms with van der Waals surface area (Å²) in [6, 6.07) is 12.2. The van der Waals surface area contributed by atoms with Crippen LogP contribution in [0.3, 0.4) is 0 Å². The number of hydrogen-bond donors (Lipinski definition) is 3. The third kappa shape index (κ3) is 2.98. The molecule has 0 fully saturated rings. The number of anilines is 1. The van der Waals surface area contributed by atoms with Gasteiger partial charge in [0, 0.05) is 29.1 Å². The number of aromatic hydroxyl groups is 1. The van der Waals surface area contributed by atoms with Gasteiger partial charge in [-0.15, -0.1) is 0 Å². The van der Waals surface area contributed by atoms with Gasteiger partial charge in [-0.3, -0.25) is 9.89 Å². The van der Waals surface area contributed by atoms with Crippen LogP contribution in [0.1, 0.15) is 15.9 Å². The molecule has 22 heavy (non-hydrogen) atoms. The minimum absolute atomic E-state index is 0.130. The number of aromatic nitrogens is 2. The van der Waals surface area contributed by atoms with Gasteiger partial charge in [-0.1, -0.05) is 12.1 Å². The first-order valence-corrected chi connectivity index (χ1v) is 6.83. The van der Waals surface area contributed by atoms with Crippen LogP contribution in [-0.4, -0.2) is 21.2 Å². The molecule has 0 unspecified atom stereocenters. The average molecular weight is 293 g/mol. The van der Waals surface area contributed by atoms with Crippen molar-refractivity contribution in [3.63, 3.8) is 0 Å². The van der Waals surface area contributed by atoms with Gasteiger partial charge >= 0.3 is 0 Å². The summed E-state index contributed by atoms with van der Waals surface area (Å²) in [7, 11) is 0. The SMILES string of the molecule is Cc1cc(O)cc(NC(=O)c2ccc(-c3cn[nH]c3)cc2)c1. The third-order valence-electron chi connectivity index (χ3n) is 3.30. The fourth-order valence-corrected chi connectivity index (χ4v) is 2.26. The van der Waals surface area contributed by atoms with Crippen LogP contribution in [0.25, 0.3) is 11.1 Å². The summed E-state index contributed by atoms with van der Waals surface area (Å²) in [4.78, 5) is 12.2. The van der Waals surface area contributed by atoms with Gasteiger partial charge in [0.2, 0.25) is 0 Å². The molecule has 2 aromatic carbocycles. The van der Waals surface area contributed by atoms with Crippen molar-refractivity contribution in [2.75, 3.05) is 5.32 Å². The van der Waals surface area contributed by atoms with Gasteiger partial charge in [0.05, 0.1) is 6.20 Å². The molecule has 0 aliphatic carbocycles. The topological polar surface area (TPSA) is 78.0 Å². The Hall–Kier alpha value is -3.08. The number of nitrogens with one attached hydrogen (secondary N) is 2. The molecule has 3 rings (SSSR count). The van der Waals surface area contributed by atoms with Crippen molar-refractivity contribution < 1.29 is 9.90 Å². The summed E-state index contributed by atoms with van der Waals surface area (Å²) in [6.45, 7) is 1.86. The van der Waals surface area contributed by atoms with Gasteiger partial charge in [-0.25, -0.2) is 0 Å². The maximum absolute atomic E-state index is 12.2. The smallest absolute Gasteiger partial charge is 0.255 e. The first-order valence-electron chi connectivity index (χ1n) is 6.83. The molecule has 0 bridgehead atoms. The zero-order valence-electron chi connectivity index (χ0n) is 12.0. The van der Waals surface area contributed by atoms with Gasteiger partial charge < -0.3 is 10.4 Å². The molecule has 1 aromatic heterocycles. The molecule has 110 valence electrons. The predicted molar refractivity (Wildman–Crippen MR) is 84.8 cm³/mol. The fraction of sp³-hybridized carbons (Fsp3) is 0.0588. The summed E-state index contributed by atoms with van der Waals surface area (Å²) in [5.74, 6) is -0.0886. The van der Waals surface area contributed by atoms with Crippen molar-refractivity contribution in [3.8, 4) is 16.9 Å². The van der Waals surface area contributed by atoms with Crippen LogP contribution in [0.4, 0.5) is 5.69 Å². The van der Waals surface area contributed by atoms with Crippen LogP contribution < -0.4 is 5.32 Å². The molecule has 0 radical (unpaired) electrons. The highest BCUT2D eigenvalue weighted by Crippen LogP contribution is 2.21. The number of H-pyrrole nitrogens is 1. The van der Waals surface area contributed by atoms with E-state index in [0.29, 0.717) is 11.3 Å². The van der Waals surface area contributed by atoms with Crippen molar-refractivity contribution >= 4 is 11.6 Å². The number of phenolic OH excluding ortho intramolecular Hbond substituents is 1. The van der Waals surface area contributed by atoms with Crippen molar-refractivity contribution in [3.05, 3.63) is 66.0 Å². The normalized spacial score (nSPS) is 10.4. The van der Waals surface area contributed by atoms with Crippen molar-refractivity contribution in [1.82, 2.24) is 10.2 Å². The number of carbonyl (C=O) groups excluding carboxylic acids is 1. The number of rotatable bonds is 3. The van der Waals surface area contributed by atoms with E-state index in [0.717, 1.165) is 16.7 Å². The molecule has 3 N–H and O–H groups in total. The number of amides is 1. The van der Waals surface area contributed by atoms with Crippen molar-refractivity contribution in [2.24, 2.45) is 0 Å². The molecule has 0 spiro atoms. The minimum Gasteiger partial charge on any atom is -0.508 e. The van der Waals surface area contributed by atoms with Crippen LogP contribution in [-0.2, 0) is 0 Å². The minimum atomic E-state index is -0.219. The molecule has 1 amide bonds. The summed E-state index contributed by atoms with van der Waals surface area (Å²) in [5, 5.41) is 19.0. The van der Waals surface area contributed by atoms with Gasteiger partial charge in [0.25, 0.3) is 5.91 Å². The maximum atomic E-state index is 12.2. The Kier molecular flexibility index (Phi) is 3.62. The van der Waals surface area contributed by atoms with E-state index in [2.05, 4.69) is 15.5 Å². The summed E-state index contributed by atoms with van der Waals surface area (Å²) >= 11 is 0. The number of phenols is 1. The highest BCUT2D eigenvalue weighted by molar-refractivity contribution is 6.04. The molecule has 0 aliphatic heterocycles. The Labute approximate surface area is 127 Å². The van der Waals surface area contributed by atoms with Crippen LogP contribution in [0.15, 0.2) is 54.9 Å². The van der Waals surface area contributed by atoms with E-state index in [1.807, 2.05) is 19.1 Å². The van der Waals surface area contributed by atoms with Crippen LogP contribution in [0.5, 0.6) is 5.75 Å². The highest BCUT2D eigenvalue weighted by atomic mass is 16.3. The fourth-order valence-electron chi connectivity index (χ4n) is 2.26. The van der Waals surface area contributed by atoms with Gasteiger partial charge in [0.1, 0.15) is 5.75 Å². The zero-order chi connectivity index (χ0) is 15.5. The molecule has 1 heterocycles. The lowest BCUT2D eigenvalue weighted by Crippen LogP contribution is -2.11. The second kappa shape index (κ2) is 5.73. The monoisotopic (exact) mass is 293 g/mol. The molecular formula is C17H15N3O2. The number of aromatic amines is 1. The van der Waals surface area contributed by atoms with Gasteiger partial charge in [-0.05, 0) is 42.3 Å². The Bertz CT molecular complexity index is 773. The van der Waals surface area contributed by atoms with E-state index in [-0.39, 0.29) is 11.7 Å². The predicted octanol–water partition coefficient (Wildman–Crippen LogP) is 3.34. The largest absolute Gasteiger partial charge is 0.508 e. The Morgan fingerprint density at radius 2 is 1.91 bits per heavy atom. The summed E-state index contributed by atoms with van der Waals surface area (Å²) in [5.41, 5.74) is 3.95. The molecule has 0 saturated carbocycles. The van der Waals surface area contributed by atoms with Crippen LogP contribution in [0.2, 0.25) is 0 Å². The molecule has 5 nitrogen and oxygen atoms in total. The number of hydrogen-bond acceptors (Lipinski definition) is 3. The summed E-state index contributed by atoms with van der Waals surface area (Å²) in [6.07, 6.45) is 3.52. The van der Waals surface area contributed by atoms with Gasteiger partial charge in [0.15, 0.2) is 0 Å². The van der Waals surface area contributed by atoms with Crippen molar-refractivity contribution in [2.45, 2.75) is 6.92 Å². The number of carbonyl (C=O) groups is 1. The first-order chi connectivity index (χ1) is 10.6. The van der Waals surface area contributed by atoms with E-state index >= 15 is 0 Å². The molecule has 0 atom stereocenters.